The number of nitrogens with zero attached hydrogens (tertiary/aromatic N) is 1. The van der Waals surface area contributed by atoms with Gasteiger partial charge < -0.3 is 9.64 Å². The Morgan fingerprint density at radius 1 is 1.21 bits per heavy atom. The Labute approximate surface area is 147 Å². The van der Waals surface area contributed by atoms with E-state index in [1.165, 1.54) is 9.80 Å². The lowest BCUT2D eigenvalue weighted by Gasteiger charge is -2.27. The van der Waals surface area contributed by atoms with E-state index in [0.717, 1.165) is 43.2 Å². The van der Waals surface area contributed by atoms with Gasteiger partial charge in [-0.3, -0.25) is 9.59 Å². The Kier molecular flexibility index (Phi) is 5.79. The van der Waals surface area contributed by atoms with Crippen LogP contribution in [0.2, 0.25) is 0 Å². The number of amides is 2. The number of carbonyl (C=O) groups is 2. The molecule has 2 aliphatic heterocycles. The molecule has 1 unspecified atom stereocenters. The van der Waals surface area contributed by atoms with E-state index in [9.17, 15) is 9.59 Å². The number of hydrogen-bond donors (Lipinski definition) is 1. The van der Waals surface area contributed by atoms with E-state index in [-0.39, 0.29) is 17.9 Å². The molecular formula is C18H25N2O3S+. The Hall–Kier alpha value is -1.53. The largest absolute Gasteiger partial charge is 0.494 e. The maximum absolute atomic E-state index is 12.8. The molecule has 5 nitrogen and oxygen atoms in total. The Bertz CT molecular complexity index is 584. The third-order valence-corrected chi connectivity index (χ3v) is 5.62. The molecule has 2 heterocycles. The number of anilines is 1. The Morgan fingerprint density at radius 3 is 2.58 bits per heavy atom. The second-order valence-corrected chi connectivity index (χ2v) is 7.52. The molecule has 2 saturated heterocycles. The molecule has 1 aromatic rings. The molecule has 24 heavy (non-hydrogen) atoms. The van der Waals surface area contributed by atoms with E-state index >= 15 is 0 Å². The van der Waals surface area contributed by atoms with E-state index in [2.05, 4.69) is 6.92 Å². The molecule has 1 N–H and O–H groups in total. The fraction of sp³-hybridized carbons (Fsp3) is 0.556. The van der Waals surface area contributed by atoms with Crippen LogP contribution in [0.5, 0.6) is 5.75 Å². The maximum Gasteiger partial charge on any atom is 0.292 e. The van der Waals surface area contributed by atoms with Crippen molar-refractivity contribution in [3.05, 3.63) is 24.3 Å². The minimum Gasteiger partial charge on any atom is -0.494 e. The number of unbranched alkanes of at least 4 members (excludes halogenated alkanes) is 1. The van der Waals surface area contributed by atoms with Crippen LogP contribution in [0, 0.1) is 0 Å². The van der Waals surface area contributed by atoms with Gasteiger partial charge in [0.15, 0.2) is 6.04 Å². The lowest BCUT2D eigenvalue weighted by molar-refractivity contribution is -0.911. The molecule has 0 aromatic heterocycles. The first-order chi connectivity index (χ1) is 11.7. The van der Waals surface area contributed by atoms with Gasteiger partial charge in [0, 0.05) is 11.5 Å². The smallest absolute Gasteiger partial charge is 0.292 e. The highest BCUT2D eigenvalue weighted by Gasteiger charge is 2.45. The van der Waals surface area contributed by atoms with Gasteiger partial charge in [-0.15, -0.1) is 0 Å². The molecule has 130 valence electrons. The predicted octanol–water partition coefficient (Wildman–Crippen LogP) is 1.13. The highest BCUT2D eigenvalue weighted by molar-refractivity contribution is 7.99. The molecule has 1 atom stereocenters. The number of rotatable bonds is 6. The van der Waals surface area contributed by atoms with Crippen molar-refractivity contribution in [3.63, 3.8) is 0 Å². The number of imide groups is 1. The predicted molar refractivity (Wildman–Crippen MR) is 95.8 cm³/mol. The van der Waals surface area contributed by atoms with Crippen LogP contribution in [-0.2, 0) is 9.59 Å². The number of hydrogen-bond acceptors (Lipinski definition) is 4. The fourth-order valence-electron chi connectivity index (χ4n) is 3.23. The quantitative estimate of drug-likeness (QED) is 0.618. The third-order valence-electron chi connectivity index (χ3n) is 4.64. The Balaban J connectivity index is 1.67. The minimum atomic E-state index is -0.209. The van der Waals surface area contributed by atoms with Crippen molar-refractivity contribution >= 4 is 29.3 Å². The highest BCUT2D eigenvalue weighted by Crippen LogP contribution is 2.25. The Morgan fingerprint density at radius 2 is 1.92 bits per heavy atom. The van der Waals surface area contributed by atoms with Gasteiger partial charge >= 0.3 is 0 Å². The zero-order valence-corrected chi connectivity index (χ0v) is 14.9. The molecule has 1 aromatic carbocycles. The molecule has 0 radical (unpaired) electrons. The topological polar surface area (TPSA) is 51.0 Å². The van der Waals surface area contributed by atoms with Gasteiger partial charge in [0.1, 0.15) is 5.75 Å². The van der Waals surface area contributed by atoms with Gasteiger partial charge in [-0.1, -0.05) is 13.3 Å². The van der Waals surface area contributed by atoms with Crippen molar-refractivity contribution in [2.75, 3.05) is 36.1 Å². The van der Waals surface area contributed by atoms with Gasteiger partial charge in [-0.25, -0.2) is 4.90 Å². The molecular weight excluding hydrogens is 324 g/mol. The van der Waals surface area contributed by atoms with Crippen LogP contribution in [0.3, 0.4) is 0 Å². The number of thioether (sulfide) groups is 1. The van der Waals surface area contributed by atoms with E-state index in [1.807, 2.05) is 23.9 Å². The fourth-order valence-corrected chi connectivity index (χ4v) is 4.25. The van der Waals surface area contributed by atoms with Crippen molar-refractivity contribution in [1.29, 1.82) is 0 Å². The van der Waals surface area contributed by atoms with E-state index in [0.29, 0.717) is 18.7 Å². The number of ether oxygens (including phenoxy) is 1. The first-order valence-electron chi connectivity index (χ1n) is 8.72. The zero-order valence-electron chi connectivity index (χ0n) is 14.1. The van der Waals surface area contributed by atoms with Crippen molar-refractivity contribution < 1.29 is 19.2 Å². The average molecular weight is 349 g/mol. The molecule has 0 bridgehead atoms. The monoisotopic (exact) mass is 349 g/mol. The second kappa shape index (κ2) is 8.03. The molecule has 6 heteroatoms. The van der Waals surface area contributed by atoms with Crippen molar-refractivity contribution in [3.8, 4) is 5.75 Å². The minimum absolute atomic E-state index is 0.0541. The number of benzene rings is 1. The van der Waals surface area contributed by atoms with E-state index < -0.39 is 0 Å². The van der Waals surface area contributed by atoms with Crippen LogP contribution < -0.4 is 14.5 Å². The van der Waals surface area contributed by atoms with Crippen LogP contribution in [-0.4, -0.2) is 49.1 Å². The standard InChI is InChI=1S/C18H24N2O3S/c1-2-3-10-23-15-6-4-14(5-7-15)20-17(21)13-16(18(20)22)19-8-11-24-12-9-19/h4-7,16H,2-3,8-13H2,1H3/p+1. The van der Waals surface area contributed by atoms with Gasteiger partial charge in [0.05, 0.1) is 31.8 Å². The first kappa shape index (κ1) is 17.3. The molecule has 2 fully saturated rings. The van der Waals surface area contributed by atoms with Crippen LogP contribution in [0.25, 0.3) is 0 Å². The average Bonchev–Trinajstić information content (AvgIpc) is 2.91. The second-order valence-electron chi connectivity index (χ2n) is 6.29. The van der Waals surface area contributed by atoms with Crippen LogP contribution in [0.4, 0.5) is 5.69 Å². The third kappa shape index (κ3) is 3.75. The summed E-state index contributed by atoms with van der Waals surface area (Å²) in [5.74, 6) is 2.77. The lowest BCUT2D eigenvalue weighted by atomic mass is 10.2. The van der Waals surface area contributed by atoms with Crippen molar-refractivity contribution in [1.82, 2.24) is 0 Å². The van der Waals surface area contributed by atoms with Crippen LogP contribution in [0.1, 0.15) is 26.2 Å². The summed E-state index contributed by atoms with van der Waals surface area (Å²) < 4.78 is 5.64. The van der Waals surface area contributed by atoms with E-state index in [4.69, 9.17) is 4.74 Å². The normalized spacial score (nSPS) is 22.2. The highest BCUT2D eigenvalue weighted by atomic mass is 32.2. The summed E-state index contributed by atoms with van der Waals surface area (Å²) in [5.41, 5.74) is 0.654. The summed E-state index contributed by atoms with van der Waals surface area (Å²) in [6.07, 6.45) is 2.44. The molecule has 0 saturated carbocycles. The number of carbonyl (C=O) groups excluding carboxylic acids is 2. The zero-order chi connectivity index (χ0) is 16.9. The van der Waals surface area contributed by atoms with Crippen LogP contribution >= 0.6 is 11.8 Å². The van der Waals surface area contributed by atoms with Gasteiger partial charge in [-0.2, -0.15) is 11.8 Å². The maximum atomic E-state index is 12.8. The molecule has 0 aliphatic carbocycles. The summed E-state index contributed by atoms with van der Waals surface area (Å²) in [6.45, 7) is 4.74. The number of nitrogens with one attached hydrogen (secondary N) is 1. The summed E-state index contributed by atoms with van der Waals surface area (Å²) in [6, 6.07) is 7.08. The van der Waals surface area contributed by atoms with Gasteiger partial charge in [-0.05, 0) is 30.7 Å². The van der Waals surface area contributed by atoms with Gasteiger partial charge in [0.2, 0.25) is 5.91 Å². The van der Waals surface area contributed by atoms with Crippen molar-refractivity contribution in [2.24, 2.45) is 0 Å². The summed E-state index contributed by atoms with van der Waals surface area (Å²) in [7, 11) is 0. The SMILES string of the molecule is CCCCOc1ccc(N2C(=O)CC([NH+]3CCSCC3)C2=O)cc1. The summed E-state index contributed by atoms with van der Waals surface area (Å²) in [4.78, 5) is 27.8. The van der Waals surface area contributed by atoms with Crippen molar-refractivity contribution in [2.45, 2.75) is 32.2 Å². The lowest BCUT2D eigenvalue weighted by Crippen LogP contribution is -3.18. The molecule has 0 spiro atoms. The van der Waals surface area contributed by atoms with Gasteiger partial charge in [0.25, 0.3) is 5.91 Å². The number of quaternary nitrogens is 1. The van der Waals surface area contributed by atoms with E-state index in [1.54, 1.807) is 12.1 Å². The first-order valence-corrected chi connectivity index (χ1v) is 9.88. The molecule has 2 aliphatic rings. The molecule has 3 rings (SSSR count). The van der Waals surface area contributed by atoms with Crippen LogP contribution in [0.15, 0.2) is 24.3 Å². The summed E-state index contributed by atoms with van der Waals surface area (Å²) >= 11 is 1.92. The molecule has 2 amide bonds. The summed E-state index contributed by atoms with van der Waals surface area (Å²) in [5, 5.41) is 0.